The van der Waals surface area contributed by atoms with Gasteiger partial charge in [-0.25, -0.2) is 9.37 Å². The molecule has 0 fully saturated rings. The Morgan fingerprint density at radius 3 is 2.62 bits per heavy atom. The summed E-state index contributed by atoms with van der Waals surface area (Å²) in [5, 5.41) is 5.47. The highest BCUT2D eigenvalue weighted by molar-refractivity contribution is 5.79. The third kappa shape index (κ3) is 6.96. The molecule has 0 radical (unpaired) electrons. The smallest absolute Gasteiger partial charge is 0.390 e. The van der Waals surface area contributed by atoms with E-state index in [1.165, 1.54) is 25.2 Å². The van der Waals surface area contributed by atoms with Gasteiger partial charge in [-0.15, -0.1) is 0 Å². The van der Waals surface area contributed by atoms with Gasteiger partial charge in [0.1, 0.15) is 11.6 Å². The molecule has 0 saturated heterocycles. The van der Waals surface area contributed by atoms with Gasteiger partial charge in [0.25, 0.3) is 0 Å². The van der Waals surface area contributed by atoms with Gasteiger partial charge in [-0.05, 0) is 17.7 Å². The van der Waals surface area contributed by atoms with Crippen molar-refractivity contribution in [2.24, 2.45) is 4.99 Å². The van der Waals surface area contributed by atoms with Crippen LogP contribution in [-0.4, -0.2) is 30.7 Å². The van der Waals surface area contributed by atoms with Gasteiger partial charge in [0.15, 0.2) is 5.96 Å². The number of hydrogen-bond acceptors (Lipinski definition) is 3. The number of rotatable bonds is 6. The van der Waals surface area contributed by atoms with Crippen LogP contribution >= 0.6 is 0 Å². The van der Waals surface area contributed by atoms with Crippen molar-refractivity contribution in [2.45, 2.75) is 19.1 Å². The summed E-state index contributed by atoms with van der Waals surface area (Å²) >= 11 is 0. The van der Waals surface area contributed by atoms with Crippen molar-refractivity contribution < 1.29 is 22.3 Å². The van der Waals surface area contributed by atoms with Crippen molar-refractivity contribution in [1.29, 1.82) is 0 Å². The predicted octanol–water partition coefficient (Wildman–Crippen LogP) is 3.63. The fraction of sp³-hybridized carbons (Fsp3) is 0.294. The molecule has 0 spiro atoms. The van der Waals surface area contributed by atoms with Gasteiger partial charge in [-0.3, -0.25) is 4.99 Å². The van der Waals surface area contributed by atoms with Gasteiger partial charge in [0, 0.05) is 38.5 Å². The second-order valence-electron chi connectivity index (χ2n) is 5.28. The lowest BCUT2D eigenvalue weighted by Gasteiger charge is -2.13. The highest BCUT2D eigenvalue weighted by Crippen LogP contribution is 2.20. The van der Waals surface area contributed by atoms with Crippen LogP contribution in [-0.2, 0) is 6.54 Å². The van der Waals surface area contributed by atoms with Crippen LogP contribution in [0.1, 0.15) is 12.0 Å². The minimum atomic E-state index is -4.22. The Labute approximate surface area is 148 Å². The van der Waals surface area contributed by atoms with Crippen molar-refractivity contribution in [3.8, 4) is 11.6 Å². The maximum atomic E-state index is 13.1. The lowest BCUT2D eigenvalue weighted by atomic mass is 10.3. The molecule has 0 aliphatic heterocycles. The van der Waals surface area contributed by atoms with Crippen molar-refractivity contribution >= 4 is 5.96 Å². The molecule has 26 heavy (non-hydrogen) atoms. The van der Waals surface area contributed by atoms with Crippen molar-refractivity contribution in [1.82, 2.24) is 15.6 Å². The number of nitrogens with one attached hydrogen (secondary N) is 2. The summed E-state index contributed by atoms with van der Waals surface area (Å²) in [6.45, 7) is 0.0563. The topological polar surface area (TPSA) is 58.5 Å². The molecule has 0 amide bonds. The summed E-state index contributed by atoms with van der Waals surface area (Å²) < 4.78 is 54.9. The molecular formula is C17H18F4N4O. The Kier molecular flexibility index (Phi) is 6.76. The van der Waals surface area contributed by atoms with E-state index in [1.807, 2.05) is 0 Å². The molecule has 2 rings (SSSR count). The maximum absolute atomic E-state index is 13.1. The quantitative estimate of drug-likeness (QED) is 0.463. The molecule has 140 valence electrons. The van der Waals surface area contributed by atoms with Crippen LogP contribution in [0.5, 0.6) is 11.6 Å². The predicted molar refractivity (Wildman–Crippen MR) is 89.6 cm³/mol. The molecule has 1 aromatic heterocycles. The minimum Gasteiger partial charge on any atom is -0.439 e. The van der Waals surface area contributed by atoms with Crippen LogP contribution in [0.25, 0.3) is 0 Å². The molecular weight excluding hydrogens is 352 g/mol. The summed E-state index contributed by atoms with van der Waals surface area (Å²) in [7, 11) is 1.47. The van der Waals surface area contributed by atoms with Crippen molar-refractivity contribution in [2.75, 3.05) is 13.6 Å². The normalized spacial score (nSPS) is 12.0. The zero-order valence-electron chi connectivity index (χ0n) is 14.0. The van der Waals surface area contributed by atoms with E-state index < -0.39 is 18.4 Å². The lowest BCUT2D eigenvalue weighted by molar-refractivity contribution is -0.132. The number of nitrogens with zero attached hydrogens (tertiary/aromatic N) is 2. The van der Waals surface area contributed by atoms with E-state index in [0.717, 1.165) is 5.56 Å². The fourth-order valence-electron chi connectivity index (χ4n) is 1.96. The molecule has 2 aromatic rings. The van der Waals surface area contributed by atoms with Crippen LogP contribution < -0.4 is 15.4 Å². The fourth-order valence-corrected chi connectivity index (χ4v) is 1.96. The lowest BCUT2D eigenvalue weighted by Crippen LogP contribution is -2.38. The van der Waals surface area contributed by atoms with Crippen LogP contribution in [0.4, 0.5) is 17.6 Å². The number of hydrogen-bond donors (Lipinski definition) is 2. The third-order valence-corrected chi connectivity index (χ3v) is 3.20. The number of pyridine rings is 1. The van der Waals surface area contributed by atoms with Gasteiger partial charge in [0.05, 0.1) is 6.42 Å². The summed E-state index contributed by atoms with van der Waals surface area (Å²) in [4.78, 5) is 7.96. The maximum Gasteiger partial charge on any atom is 0.390 e. The molecule has 2 N–H and O–H groups in total. The monoisotopic (exact) mass is 370 g/mol. The number of benzene rings is 1. The Bertz CT molecular complexity index is 732. The van der Waals surface area contributed by atoms with Gasteiger partial charge in [0.2, 0.25) is 5.88 Å². The summed E-state index contributed by atoms with van der Waals surface area (Å²) in [6.07, 6.45) is -3.61. The number of guanidine groups is 1. The summed E-state index contributed by atoms with van der Waals surface area (Å²) in [5.41, 5.74) is 0.773. The van der Waals surface area contributed by atoms with Crippen molar-refractivity contribution in [3.63, 3.8) is 0 Å². The molecule has 9 heteroatoms. The van der Waals surface area contributed by atoms with Crippen LogP contribution in [0.15, 0.2) is 47.6 Å². The molecule has 0 aliphatic carbocycles. The summed E-state index contributed by atoms with van der Waals surface area (Å²) in [5.74, 6) is 0.478. The van der Waals surface area contributed by atoms with Gasteiger partial charge in [-0.1, -0.05) is 12.1 Å². The average Bonchev–Trinajstić information content (AvgIpc) is 2.58. The minimum absolute atomic E-state index is 0.259. The molecule has 5 nitrogen and oxygen atoms in total. The van der Waals surface area contributed by atoms with E-state index in [4.69, 9.17) is 4.74 Å². The van der Waals surface area contributed by atoms with Gasteiger partial charge < -0.3 is 15.4 Å². The average molecular weight is 370 g/mol. The van der Waals surface area contributed by atoms with E-state index in [9.17, 15) is 17.6 Å². The number of alkyl halides is 3. The largest absolute Gasteiger partial charge is 0.439 e. The second-order valence-corrected chi connectivity index (χ2v) is 5.28. The second kappa shape index (κ2) is 9.02. The Morgan fingerprint density at radius 1 is 1.19 bits per heavy atom. The third-order valence-electron chi connectivity index (χ3n) is 3.20. The standard InChI is InChI=1S/C17H18F4N4O/c1-22-16(23-8-7-17(19,20)21)25-11-12-5-6-15(24-10-12)26-14-4-2-3-13(18)9-14/h2-6,9-10H,7-8,11H2,1H3,(H2,22,23,25). The first kappa shape index (κ1) is 19.5. The molecule has 0 atom stereocenters. The Morgan fingerprint density at radius 2 is 2.00 bits per heavy atom. The highest BCUT2D eigenvalue weighted by atomic mass is 19.4. The Balaban J connectivity index is 1.82. The van der Waals surface area contributed by atoms with Crippen molar-refractivity contribution in [3.05, 3.63) is 54.0 Å². The zero-order valence-corrected chi connectivity index (χ0v) is 14.0. The van der Waals surface area contributed by atoms with Crippen LogP contribution in [0, 0.1) is 5.82 Å². The van der Waals surface area contributed by atoms with Crippen LogP contribution in [0.3, 0.4) is 0 Å². The van der Waals surface area contributed by atoms with Gasteiger partial charge >= 0.3 is 6.18 Å². The number of halogens is 4. The van der Waals surface area contributed by atoms with E-state index in [2.05, 4.69) is 20.6 Å². The first-order valence-electron chi connectivity index (χ1n) is 7.75. The summed E-state index contributed by atoms with van der Waals surface area (Å²) in [6, 6.07) is 9.04. The van der Waals surface area contributed by atoms with E-state index in [-0.39, 0.29) is 12.5 Å². The number of ether oxygens (including phenoxy) is 1. The van der Waals surface area contributed by atoms with Gasteiger partial charge in [-0.2, -0.15) is 13.2 Å². The molecule has 0 bridgehead atoms. The molecule has 1 aromatic carbocycles. The Hall–Kier alpha value is -2.84. The molecule has 0 saturated carbocycles. The first-order chi connectivity index (χ1) is 12.4. The molecule has 0 aliphatic rings. The molecule has 1 heterocycles. The first-order valence-corrected chi connectivity index (χ1v) is 7.75. The van der Waals surface area contributed by atoms with E-state index >= 15 is 0 Å². The van der Waals surface area contributed by atoms with Crippen LogP contribution in [0.2, 0.25) is 0 Å². The SMILES string of the molecule is CN=C(NCCC(F)(F)F)NCc1ccc(Oc2cccc(F)c2)nc1. The molecule has 0 unspecified atom stereocenters. The van der Waals surface area contributed by atoms with E-state index in [1.54, 1.807) is 24.4 Å². The number of aliphatic imine (C=N–C) groups is 1. The zero-order chi connectivity index (χ0) is 19.0. The highest BCUT2D eigenvalue weighted by Gasteiger charge is 2.26. The van der Waals surface area contributed by atoms with E-state index in [0.29, 0.717) is 18.2 Å². The number of aromatic nitrogens is 1.